The molecule has 0 aromatic heterocycles. The summed E-state index contributed by atoms with van der Waals surface area (Å²) >= 11 is 0. The molecule has 10 heteroatoms. The zero-order chi connectivity index (χ0) is 41.8. The number of unbranched alkanes of at least 4 members (excludes halogenated alkanes) is 34. The summed E-state index contributed by atoms with van der Waals surface area (Å²) in [4.78, 5) is 34.9. The first-order valence-corrected chi connectivity index (χ1v) is 26.0. The second-order valence-corrected chi connectivity index (χ2v) is 18.2. The summed E-state index contributed by atoms with van der Waals surface area (Å²) in [6.07, 6.45) is 45.7. The SMILES string of the molecule is CCCCCCCCCCCCCCCCCCCCCCCCCC(=O)O[C@H](COC(=O)CCCCCCCCCCCCCCC)COP(=O)(O)OCCN. The van der Waals surface area contributed by atoms with Crippen LogP contribution in [0.15, 0.2) is 0 Å². The Labute approximate surface area is 352 Å². The number of ether oxygens (including phenoxy) is 2. The standard InChI is InChI=1S/C47H94NO8P/c1-3-5-7-9-11-13-15-17-18-19-20-21-22-23-24-25-26-28-30-32-34-36-38-40-47(50)56-45(44-55-57(51,52)54-42-41-48)43-53-46(49)39-37-35-33-31-29-27-16-14-12-10-8-6-4-2/h45H,3-44,48H2,1-2H3,(H,51,52)/t45-/m1/s1. The number of esters is 2. The van der Waals surface area contributed by atoms with E-state index in [4.69, 9.17) is 24.3 Å². The van der Waals surface area contributed by atoms with Gasteiger partial charge < -0.3 is 20.1 Å². The third kappa shape index (κ3) is 44.4. The predicted octanol–water partition coefficient (Wildman–Crippen LogP) is 14.4. The fourth-order valence-electron chi connectivity index (χ4n) is 7.34. The molecule has 0 saturated carbocycles. The van der Waals surface area contributed by atoms with Crippen molar-refractivity contribution >= 4 is 19.8 Å². The predicted molar refractivity (Wildman–Crippen MR) is 238 cm³/mol. The van der Waals surface area contributed by atoms with Crippen molar-refractivity contribution in [1.29, 1.82) is 0 Å². The molecule has 340 valence electrons. The van der Waals surface area contributed by atoms with Crippen molar-refractivity contribution < 1.29 is 37.6 Å². The molecule has 57 heavy (non-hydrogen) atoms. The molecule has 0 saturated heterocycles. The fourth-order valence-corrected chi connectivity index (χ4v) is 8.11. The molecule has 0 amide bonds. The number of phosphoric acid groups is 1. The van der Waals surface area contributed by atoms with Gasteiger partial charge in [0, 0.05) is 19.4 Å². The van der Waals surface area contributed by atoms with Crippen LogP contribution in [0.2, 0.25) is 0 Å². The average Bonchev–Trinajstić information content (AvgIpc) is 3.20. The second-order valence-electron chi connectivity index (χ2n) is 16.7. The Morgan fingerprint density at radius 1 is 0.456 bits per heavy atom. The largest absolute Gasteiger partial charge is 0.472 e. The van der Waals surface area contributed by atoms with Gasteiger partial charge in [0.1, 0.15) is 6.61 Å². The quantitative estimate of drug-likeness (QED) is 0.0349. The van der Waals surface area contributed by atoms with Crippen molar-refractivity contribution in [2.75, 3.05) is 26.4 Å². The van der Waals surface area contributed by atoms with Crippen molar-refractivity contribution in [1.82, 2.24) is 0 Å². The van der Waals surface area contributed by atoms with E-state index in [-0.39, 0.29) is 38.6 Å². The molecule has 0 bridgehead atoms. The van der Waals surface area contributed by atoms with E-state index in [1.165, 1.54) is 193 Å². The van der Waals surface area contributed by atoms with Crippen molar-refractivity contribution in [2.24, 2.45) is 5.73 Å². The molecule has 0 rings (SSSR count). The van der Waals surface area contributed by atoms with Gasteiger partial charge in [0.15, 0.2) is 6.10 Å². The van der Waals surface area contributed by atoms with E-state index < -0.39 is 26.5 Å². The van der Waals surface area contributed by atoms with Gasteiger partial charge in [-0.05, 0) is 12.8 Å². The van der Waals surface area contributed by atoms with Gasteiger partial charge in [-0.25, -0.2) is 4.57 Å². The normalized spacial score (nSPS) is 13.1. The van der Waals surface area contributed by atoms with E-state index in [0.717, 1.165) is 32.1 Å². The summed E-state index contributed by atoms with van der Waals surface area (Å²) in [5, 5.41) is 0. The monoisotopic (exact) mass is 832 g/mol. The number of nitrogens with two attached hydrogens (primary N) is 1. The Morgan fingerprint density at radius 3 is 1.07 bits per heavy atom. The van der Waals surface area contributed by atoms with Gasteiger partial charge in [-0.3, -0.25) is 18.6 Å². The molecule has 0 aromatic rings. The van der Waals surface area contributed by atoms with Crippen LogP contribution in [0.1, 0.15) is 258 Å². The summed E-state index contributed by atoms with van der Waals surface area (Å²) in [5.41, 5.74) is 5.36. The van der Waals surface area contributed by atoms with E-state index in [1.807, 2.05) is 0 Å². The van der Waals surface area contributed by atoms with Crippen molar-refractivity contribution in [3.05, 3.63) is 0 Å². The van der Waals surface area contributed by atoms with Crippen molar-refractivity contribution in [3.8, 4) is 0 Å². The summed E-state index contributed by atoms with van der Waals surface area (Å²) in [6, 6.07) is 0. The van der Waals surface area contributed by atoms with Crippen LogP contribution in [0, 0.1) is 0 Å². The van der Waals surface area contributed by atoms with E-state index in [1.54, 1.807) is 0 Å². The third-order valence-corrected chi connectivity index (χ3v) is 12.0. The van der Waals surface area contributed by atoms with Crippen LogP contribution in [0.4, 0.5) is 0 Å². The molecule has 0 spiro atoms. The first-order valence-electron chi connectivity index (χ1n) is 24.5. The van der Waals surface area contributed by atoms with Gasteiger partial charge in [0.05, 0.1) is 13.2 Å². The maximum Gasteiger partial charge on any atom is 0.472 e. The lowest BCUT2D eigenvalue weighted by Gasteiger charge is -2.19. The number of hydrogen-bond acceptors (Lipinski definition) is 8. The van der Waals surface area contributed by atoms with E-state index in [0.29, 0.717) is 6.42 Å². The molecule has 0 radical (unpaired) electrons. The minimum Gasteiger partial charge on any atom is -0.462 e. The molecule has 0 heterocycles. The highest BCUT2D eigenvalue weighted by Gasteiger charge is 2.26. The van der Waals surface area contributed by atoms with E-state index in [9.17, 15) is 19.0 Å². The Bertz CT molecular complexity index is 907. The van der Waals surface area contributed by atoms with Crippen LogP contribution in [0.25, 0.3) is 0 Å². The smallest absolute Gasteiger partial charge is 0.462 e. The number of phosphoric ester groups is 1. The summed E-state index contributed by atoms with van der Waals surface area (Å²) in [5.74, 6) is -0.809. The fraction of sp³-hybridized carbons (Fsp3) is 0.957. The van der Waals surface area contributed by atoms with Gasteiger partial charge in [-0.2, -0.15) is 0 Å². The van der Waals surface area contributed by atoms with Gasteiger partial charge in [-0.15, -0.1) is 0 Å². The molecule has 1 unspecified atom stereocenters. The topological polar surface area (TPSA) is 134 Å². The minimum absolute atomic E-state index is 0.0582. The summed E-state index contributed by atoms with van der Waals surface area (Å²) < 4.78 is 32.9. The number of carbonyl (C=O) groups is 2. The van der Waals surface area contributed by atoms with Crippen LogP contribution in [-0.2, 0) is 32.7 Å². The maximum absolute atomic E-state index is 12.6. The Balaban J connectivity index is 3.97. The van der Waals surface area contributed by atoms with Crippen molar-refractivity contribution in [3.63, 3.8) is 0 Å². The van der Waals surface area contributed by atoms with Crippen LogP contribution in [0.5, 0.6) is 0 Å². The molecular formula is C47H94NO8P. The molecule has 9 nitrogen and oxygen atoms in total. The Hall–Kier alpha value is -0.990. The lowest BCUT2D eigenvalue weighted by molar-refractivity contribution is -0.161. The molecule has 3 N–H and O–H groups in total. The molecule has 0 aliphatic carbocycles. The van der Waals surface area contributed by atoms with Gasteiger partial charge in [0.25, 0.3) is 0 Å². The lowest BCUT2D eigenvalue weighted by Crippen LogP contribution is -2.29. The lowest BCUT2D eigenvalue weighted by atomic mass is 10.0. The zero-order valence-electron chi connectivity index (χ0n) is 37.6. The summed E-state index contributed by atoms with van der Waals surface area (Å²) in [7, 11) is -4.37. The molecule has 0 aliphatic rings. The highest BCUT2D eigenvalue weighted by molar-refractivity contribution is 7.47. The molecule has 2 atom stereocenters. The number of rotatable bonds is 47. The summed E-state index contributed by atoms with van der Waals surface area (Å²) in [6.45, 7) is 3.79. The molecule has 0 aromatic carbocycles. The van der Waals surface area contributed by atoms with Crippen molar-refractivity contribution in [2.45, 2.75) is 264 Å². The average molecular weight is 832 g/mol. The maximum atomic E-state index is 12.6. The molecule has 0 fully saturated rings. The Morgan fingerprint density at radius 2 is 0.754 bits per heavy atom. The first kappa shape index (κ1) is 56.0. The zero-order valence-corrected chi connectivity index (χ0v) is 38.5. The van der Waals surface area contributed by atoms with E-state index in [2.05, 4.69) is 13.8 Å². The van der Waals surface area contributed by atoms with Gasteiger partial charge >= 0.3 is 19.8 Å². The number of carbonyl (C=O) groups excluding carboxylic acids is 2. The van der Waals surface area contributed by atoms with Crippen LogP contribution >= 0.6 is 7.82 Å². The third-order valence-electron chi connectivity index (χ3n) is 11.0. The van der Waals surface area contributed by atoms with Crippen LogP contribution < -0.4 is 5.73 Å². The van der Waals surface area contributed by atoms with Crippen LogP contribution in [0.3, 0.4) is 0 Å². The second kappa shape index (κ2) is 44.6. The van der Waals surface area contributed by atoms with Gasteiger partial charge in [-0.1, -0.05) is 232 Å². The molecular weight excluding hydrogens is 737 g/mol. The minimum atomic E-state index is -4.37. The first-order chi connectivity index (χ1) is 27.8. The van der Waals surface area contributed by atoms with E-state index >= 15 is 0 Å². The highest BCUT2D eigenvalue weighted by atomic mass is 31.2. The molecule has 0 aliphatic heterocycles. The van der Waals surface area contributed by atoms with Gasteiger partial charge in [0.2, 0.25) is 0 Å². The highest BCUT2D eigenvalue weighted by Crippen LogP contribution is 2.43. The number of hydrogen-bond donors (Lipinski definition) is 2. The Kier molecular flexibility index (Phi) is 43.8. The van der Waals surface area contributed by atoms with Crippen LogP contribution in [-0.4, -0.2) is 49.3 Å².